The summed E-state index contributed by atoms with van der Waals surface area (Å²) in [6.45, 7) is 25.0. The highest BCUT2D eigenvalue weighted by atomic mass is 19.1. The first-order valence-electron chi connectivity index (χ1n) is 13.0. The molecule has 0 bridgehead atoms. The molecule has 0 saturated heterocycles. The molecule has 1 aromatic rings. The third kappa shape index (κ3) is 35.2. The monoisotopic (exact) mass is 487 g/mol. The molecule has 1 aromatic carbocycles. The van der Waals surface area contributed by atoms with Crippen molar-refractivity contribution in [3.05, 3.63) is 42.5 Å². The van der Waals surface area contributed by atoms with Crippen LogP contribution in [0.2, 0.25) is 0 Å². The van der Waals surface area contributed by atoms with Crippen molar-refractivity contribution in [2.45, 2.75) is 94.6 Å². The molecule has 0 aromatic heterocycles. The number of hydrogen-bond donors (Lipinski definition) is 0. The van der Waals surface area contributed by atoms with Gasteiger partial charge in [-0.15, -0.1) is 6.58 Å². The minimum Gasteiger partial charge on any atom is -0.497 e. The molecule has 0 aliphatic rings. The van der Waals surface area contributed by atoms with Crippen LogP contribution in [0.1, 0.15) is 100 Å². The maximum atomic E-state index is 12.6. The molecule has 4 heteroatoms. The standard InChI is InChI=1S/C12H17FO2.C5H13N.C5H12.C3H8.C3H6.C2H6/c1-9(8-13)12(15-3)10-4-6-11(14-2)7-5-10;1-4-5-6(2)3;1-4-5(2)3;2*1-3-2;1-2/h4-7,9,12H,8H2,1-3H3;4-5H2,1-3H3;5H,4H2,1-3H3;3H2,1-2H3;3H,1H2,2H3;1-2H3. The predicted molar refractivity (Wildman–Crippen MR) is 155 cm³/mol. The van der Waals surface area contributed by atoms with Crippen LogP contribution < -0.4 is 4.74 Å². The molecule has 2 atom stereocenters. The zero-order valence-corrected chi connectivity index (χ0v) is 25.5. The van der Waals surface area contributed by atoms with Crippen LogP contribution in [-0.4, -0.2) is 46.4 Å². The first kappa shape index (κ1) is 42.7. The van der Waals surface area contributed by atoms with Gasteiger partial charge in [0.25, 0.3) is 0 Å². The third-order valence-electron chi connectivity index (χ3n) is 3.95. The highest BCUT2D eigenvalue weighted by Crippen LogP contribution is 2.27. The van der Waals surface area contributed by atoms with Crippen molar-refractivity contribution in [1.82, 2.24) is 4.90 Å². The summed E-state index contributed by atoms with van der Waals surface area (Å²) >= 11 is 0. The summed E-state index contributed by atoms with van der Waals surface area (Å²) in [6, 6.07) is 7.51. The van der Waals surface area contributed by atoms with Gasteiger partial charge in [0.05, 0.1) is 19.9 Å². The van der Waals surface area contributed by atoms with Gasteiger partial charge in [-0.2, -0.15) is 0 Å². The summed E-state index contributed by atoms with van der Waals surface area (Å²) < 4.78 is 22.9. The molecule has 0 N–H and O–H groups in total. The molecule has 34 heavy (non-hydrogen) atoms. The van der Waals surface area contributed by atoms with Crippen molar-refractivity contribution in [3.8, 4) is 5.75 Å². The number of alkyl halides is 1. The van der Waals surface area contributed by atoms with E-state index >= 15 is 0 Å². The van der Waals surface area contributed by atoms with E-state index in [0.717, 1.165) is 17.2 Å². The summed E-state index contributed by atoms with van der Waals surface area (Å²) in [5.74, 6) is 1.54. The number of hydrogen-bond acceptors (Lipinski definition) is 3. The van der Waals surface area contributed by atoms with Gasteiger partial charge in [0.1, 0.15) is 5.75 Å². The molecule has 0 aliphatic heterocycles. The van der Waals surface area contributed by atoms with Crippen LogP contribution in [0.4, 0.5) is 4.39 Å². The fourth-order valence-corrected chi connectivity index (χ4v) is 2.02. The third-order valence-corrected chi connectivity index (χ3v) is 3.95. The van der Waals surface area contributed by atoms with Crippen molar-refractivity contribution in [3.63, 3.8) is 0 Å². The summed E-state index contributed by atoms with van der Waals surface area (Å²) in [7, 11) is 7.39. The molecular formula is C30H62FNO2. The fraction of sp³-hybridized carbons (Fsp3) is 0.733. The highest BCUT2D eigenvalue weighted by molar-refractivity contribution is 5.28. The average molecular weight is 488 g/mol. The zero-order valence-electron chi connectivity index (χ0n) is 25.5. The Balaban J connectivity index is -0.000000122. The van der Waals surface area contributed by atoms with Gasteiger partial charge in [-0.05, 0) is 57.6 Å². The molecule has 0 spiro atoms. The SMILES string of the molecule is C=CC.CC.CCC.CCC(C)C.CCCN(C)C.COc1ccc(C(OC)C(C)CF)cc1. The molecule has 0 aliphatic carbocycles. The van der Waals surface area contributed by atoms with Gasteiger partial charge in [0.2, 0.25) is 0 Å². The van der Waals surface area contributed by atoms with E-state index in [0.29, 0.717) is 0 Å². The predicted octanol–water partition coefficient (Wildman–Crippen LogP) is 9.63. The van der Waals surface area contributed by atoms with E-state index in [1.807, 2.05) is 52.0 Å². The zero-order chi connectivity index (χ0) is 27.9. The topological polar surface area (TPSA) is 21.7 Å². The Morgan fingerprint density at radius 1 is 0.971 bits per heavy atom. The first-order valence-corrected chi connectivity index (χ1v) is 13.0. The van der Waals surface area contributed by atoms with Crippen molar-refractivity contribution < 1.29 is 13.9 Å². The van der Waals surface area contributed by atoms with Crippen molar-refractivity contribution >= 4 is 0 Å². The van der Waals surface area contributed by atoms with Gasteiger partial charge < -0.3 is 14.4 Å². The minimum absolute atomic E-state index is 0.136. The van der Waals surface area contributed by atoms with E-state index in [-0.39, 0.29) is 18.7 Å². The Kier molecular flexibility index (Phi) is 45.5. The molecule has 0 saturated carbocycles. The number of methoxy groups -OCH3 is 2. The second-order valence-corrected chi connectivity index (χ2v) is 8.28. The molecule has 0 heterocycles. The number of ether oxygens (including phenoxy) is 2. The average Bonchev–Trinajstić information content (AvgIpc) is 2.83. The van der Waals surface area contributed by atoms with Gasteiger partial charge >= 0.3 is 0 Å². The molecule has 206 valence electrons. The Labute approximate surface area is 215 Å². The molecule has 0 radical (unpaired) electrons. The van der Waals surface area contributed by atoms with Crippen LogP contribution in [0.25, 0.3) is 0 Å². The van der Waals surface area contributed by atoms with Crippen LogP contribution in [0.15, 0.2) is 36.9 Å². The van der Waals surface area contributed by atoms with Gasteiger partial charge in [-0.25, -0.2) is 0 Å². The number of allylic oxidation sites excluding steroid dienone is 1. The molecule has 1 rings (SSSR count). The summed E-state index contributed by atoms with van der Waals surface area (Å²) in [6.07, 6.45) is 5.37. The van der Waals surface area contributed by atoms with E-state index in [4.69, 9.17) is 9.47 Å². The Morgan fingerprint density at radius 2 is 1.35 bits per heavy atom. The van der Waals surface area contributed by atoms with E-state index in [9.17, 15) is 4.39 Å². The van der Waals surface area contributed by atoms with Crippen LogP contribution in [-0.2, 0) is 4.74 Å². The summed E-state index contributed by atoms with van der Waals surface area (Å²) in [4.78, 5) is 2.18. The van der Waals surface area contributed by atoms with E-state index < -0.39 is 0 Å². The molecule has 2 unspecified atom stereocenters. The molecule has 3 nitrogen and oxygen atoms in total. The Bertz CT molecular complexity index is 461. The lowest BCUT2D eigenvalue weighted by Gasteiger charge is -2.20. The lowest BCUT2D eigenvalue weighted by molar-refractivity contribution is 0.0479. The maximum Gasteiger partial charge on any atom is 0.118 e. The smallest absolute Gasteiger partial charge is 0.118 e. The van der Waals surface area contributed by atoms with E-state index in [1.54, 1.807) is 20.3 Å². The van der Waals surface area contributed by atoms with Crippen LogP contribution in [0.3, 0.4) is 0 Å². The first-order chi connectivity index (χ1) is 16.1. The maximum absolute atomic E-state index is 12.6. The quantitative estimate of drug-likeness (QED) is 0.341. The van der Waals surface area contributed by atoms with Gasteiger partial charge in [0.15, 0.2) is 0 Å². The fourth-order valence-electron chi connectivity index (χ4n) is 2.02. The lowest BCUT2D eigenvalue weighted by Crippen LogP contribution is -2.13. The molecule has 0 amide bonds. The minimum atomic E-state index is -0.384. The largest absolute Gasteiger partial charge is 0.497 e. The lowest BCUT2D eigenvalue weighted by atomic mass is 9.98. The Morgan fingerprint density at radius 3 is 1.53 bits per heavy atom. The number of nitrogens with zero attached hydrogens (tertiary/aromatic N) is 1. The second-order valence-electron chi connectivity index (χ2n) is 8.28. The summed E-state index contributed by atoms with van der Waals surface area (Å²) in [5, 5.41) is 0. The number of halogens is 1. The Hall–Kier alpha value is -1.39. The van der Waals surface area contributed by atoms with Crippen molar-refractivity contribution in [2.75, 3.05) is 41.5 Å². The van der Waals surface area contributed by atoms with Crippen molar-refractivity contribution in [2.24, 2.45) is 11.8 Å². The van der Waals surface area contributed by atoms with Gasteiger partial charge in [0, 0.05) is 13.0 Å². The van der Waals surface area contributed by atoms with Gasteiger partial charge in [-0.3, -0.25) is 4.39 Å². The summed E-state index contributed by atoms with van der Waals surface area (Å²) in [5.41, 5.74) is 0.975. The van der Waals surface area contributed by atoms with E-state index in [1.165, 1.54) is 25.8 Å². The number of benzene rings is 1. The van der Waals surface area contributed by atoms with Crippen LogP contribution >= 0.6 is 0 Å². The highest BCUT2D eigenvalue weighted by Gasteiger charge is 2.18. The normalized spacial score (nSPS) is 10.7. The van der Waals surface area contributed by atoms with Crippen LogP contribution in [0, 0.1) is 11.8 Å². The number of rotatable bonds is 8. The van der Waals surface area contributed by atoms with Crippen LogP contribution in [0.5, 0.6) is 5.75 Å². The molecule has 0 fully saturated rings. The van der Waals surface area contributed by atoms with E-state index in [2.05, 4.69) is 67.1 Å². The van der Waals surface area contributed by atoms with Gasteiger partial charge in [-0.1, -0.05) is 93.4 Å². The second kappa shape index (κ2) is 36.2. The molecular weight excluding hydrogens is 425 g/mol. The van der Waals surface area contributed by atoms with Crippen molar-refractivity contribution in [1.29, 1.82) is 0 Å².